The quantitative estimate of drug-likeness (QED) is 0.0772. The number of ether oxygens (including phenoxy) is 4. The molecule has 0 bridgehead atoms. The molecule has 3 aliphatic heterocycles. The lowest BCUT2D eigenvalue weighted by Crippen LogP contribution is -2.49. The zero-order valence-corrected chi connectivity index (χ0v) is 40.8. The third-order valence-electron chi connectivity index (χ3n) is 14.0. The molecule has 11 heteroatoms. The van der Waals surface area contributed by atoms with E-state index in [1.165, 1.54) is 18.4 Å². The number of hydrogen-bond donors (Lipinski definition) is 0. The van der Waals surface area contributed by atoms with Crippen LogP contribution in [-0.4, -0.2) is 93.4 Å². The van der Waals surface area contributed by atoms with Crippen LogP contribution in [0, 0.1) is 11.8 Å². The van der Waals surface area contributed by atoms with Crippen molar-refractivity contribution in [1.29, 1.82) is 0 Å². The average molecular weight is 850 g/mol. The summed E-state index contributed by atoms with van der Waals surface area (Å²) in [6.07, 6.45) is 6.65. The first-order valence-corrected chi connectivity index (χ1v) is 29.3. The van der Waals surface area contributed by atoms with Crippen molar-refractivity contribution in [2.75, 3.05) is 19.5 Å². The van der Waals surface area contributed by atoms with E-state index < -0.39 is 50.7 Å². The summed E-state index contributed by atoms with van der Waals surface area (Å²) in [6.45, 7) is 36.4. The van der Waals surface area contributed by atoms with Gasteiger partial charge in [0, 0.05) is 25.9 Å². The van der Waals surface area contributed by atoms with Crippen molar-refractivity contribution < 1.29 is 36.2 Å². The van der Waals surface area contributed by atoms with E-state index in [9.17, 15) is 8.42 Å². The predicted molar refractivity (Wildman–Crippen MR) is 239 cm³/mol. The Morgan fingerprint density at radius 3 is 2.09 bits per heavy atom. The molecule has 0 saturated carbocycles. The first kappa shape index (κ1) is 48.5. The monoisotopic (exact) mass is 850 g/mol. The second kappa shape index (κ2) is 19.7. The molecule has 0 N–H and O–H groups in total. The number of hydrogen-bond acceptors (Lipinski definition) is 8. The molecule has 4 rings (SSSR count). The molecule has 3 unspecified atom stereocenters. The molecule has 57 heavy (non-hydrogen) atoms. The first-order valence-electron chi connectivity index (χ1n) is 21.8. The van der Waals surface area contributed by atoms with Crippen molar-refractivity contribution in [3.05, 3.63) is 54.6 Å². The third kappa shape index (κ3) is 12.7. The highest BCUT2D eigenvalue weighted by molar-refractivity contribution is 7.91. The molecule has 0 spiro atoms. The molecule has 1 aromatic rings. The summed E-state index contributed by atoms with van der Waals surface area (Å²) in [7, 11) is -6.31. The number of methoxy groups -OCH3 is 1. The molecule has 3 aliphatic rings. The van der Waals surface area contributed by atoms with Crippen LogP contribution in [-0.2, 0) is 37.6 Å². The maximum Gasteiger partial charge on any atom is 0.192 e. The van der Waals surface area contributed by atoms with E-state index in [0.717, 1.165) is 37.7 Å². The Kier molecular flexibility index (Phi) is 16.8. The van der Waals surface area contributed by atoms with Crippen molar-refractivity contribution >= 4 is 26.5 Å². The minimum Gasteiger partial charge on any atom is -0.414 e. The molecule has 0 amide bonds. The Hall–Kier alpha value is -1.16. The largest absolute Gasteiger partial charge is 0.414 e. The van der Waals surface area contributed by atoms with Gasteiger partial charge in [-0.1, -0.05) is 99.6 Å². The van der Waals surface area contributed by atoms with E-state index in [4.69, 9.17) is 27.8 Å². The molecule has 0 aliphatic carbocycles. The topological polar surface area (TPSA) is 89.5 Å². The number of benzene rings is 1. The van der Waals surface area contributed by atoms with Crippen LogP contribution in [0.3, 0.4) is 0 Å². The summed E-state index contributed by atoms with van der Waals surface area (Å²) >= 11 is 0. The van der Waals surface area contributed by atoms with Crippen LogP contribution < -0.4 is 0 Å². The molecule has 1 aromatic carbocycles. The number of rotatable bonds is 19. The zero-order chi connectivity index (χ0) is 42.6. The first-order chi connectivity index (χ1) is 26.4. The Morgan fingerprint density at radius 2 is 1.49 bits per heavy atom. The molecule has 3 fully saturated rings. The van der Waals surface area contributed by atoms with Gasteiger partial charge < -0.3 is 27.8 Å². The highest BCUT2D eigenvalue weighted by Crippen LogP contribution is 2.44. The van der Waals surface area contributed by atoms with Gasteiger partial charge in [0.1, 0.15) is 0 Å². The van der Waals surface area contributed by atoms with Crippen LogP contribution in [0.5, 0.6) is 0 Å². The summed E-state index contributed by atoms with van der Waals surface area (Å²) in [5.41, 5.74) is 2.24. The second-order valence-corrected chi connectivity index (χ2v) is 32.1. The van der Waals surface area contributed by atoms with Crippen molar-refractivity contribution in [3.8, 4) is 0 Å². The van der Waals surface area contributed by atoms with Gasteiger partial charge >= 0.3 is 0 Å². The van der Waals surface area contributed by atoms with Gasteiger partial charge in [-0.3, -0.25) is 0 Å². The maximum absolute atomic E-state index is 14.1. The number of sulfone groups is 1. The van der Waals surface area contributed by atoms with Gasteiger partial charge in [0.25, 0.3) is 0 Å². The fourth-order valence-electron chi connectivity index (χ4n) is 8.19. The normalized spacial score (nSPS) is 29.9. The fraction of sp³-hybridized carbons (Fsp3) is 0.783. The van der Waals surface area contributed by atoms with E-state index >= 15 is 0 Å². The molecule has 0 aromatic heterocycles. The lowest BCUT2D eigenvalue weighted by Gasteiger charge is -2.42. The molecular weight excluding hydrogens is 770 g/mol. The fourth-order valence-corrected chi connectivity index (χ4v) is 12.3. The Morgan fingerprint density at radius 1 is 0.860 bits per heavy atom. The Labute approximate surface area is 350 Å². The van der Waals surface area contributed by atoms with Gasteiger partial charge in [0.15, 0.2) is 26.5 Å². The molecule has 0 radical (unpaired) electrons. The van der Waals surface area contributed by atoms with E-state index in [1.54, 1.807) is 31.4 Å². The van der Waals surface area contributed by atoms with Gasteiger partial charge in [-0.15, -0.1) is 0 Å². The Balaban J connectivity index is 1.59. The lowest BCUT2D eigenvalue weighted by atomic mass is 9.83. The van der Waals surface area contributed by atoms with Gasteiger partial charge in [-0.05, 0) is 97.6 Å². The van der Waals surface area contributed by atoms with E-state index in [0.29, 0.717) is 24.3 Å². The van der Waals surface area contributed by atoms with Crippen LogP contribution in [0.25, 0.3) is 0 Å². The molecule has 8 nitrogen and oxygen atoms in total. The van der Waals surface area contributed by atoms with Gasteiger partial charge in [0.05, 0.1) is 66.1 Å². The average Bonchev–Trinajstić information content (AvgIpc) is 3.63. The van der Waals surface area contributed by atoms with Gasteiger partial charge in [0.2, 0.25) is 0 Å². The summed E-state index contributed by atoms with van der Waals surface area (Å²) in [4.78, 5) is 0.309. The molecule has 3 saturated heterocycles. The zero-order valence-electron chi connectivity index (χ0n) is 38.0. The summed E-state index contributed by atoms with van der Waals surface area (Å²) in [5.74, 6) is -0.262. The van der Waals surface area contributed by atoms with E-state index in [2.05, 4.69) is 94.7 Å². The molecular formula is C46H80O8SSi2. The van der Waals surface area contributed by atoms with Gasteiger partial charge in [-0.25, -0.2) is 8.42 Å². The van der Waals surface area contributed by atoms with Crippen molar-refractivity contribution in [1.82, 2.24) is 0 Å². The van der Waals surface area contributed by atoms with Crippen LogP contribution in [0.2, 0.25) is 36.3 Å². The summed E-state index contributed by atoms with van der Waals surface area (Å²) in [5, 5.41) is 0.0377. The molecule has 326 valence electrons. The number of unbranched alkanes of at least 4 members (excludes halogenated alkanes) is 1. The highest BCUT2D eigenvalue weighted by atomic mass is 32.2. The minimum atomic E-state index is -3.66. The summed E-state index contributed by atoms with van der Waals surface area (Å²) < 4.78 is 68.8. The van der Waals surface area contributed by atoms with E-state index in [-0.39, 0.29) is 52.3 Å². The minimum absolute atomic E-state index is 0.00590. The summed E-state index contributed by atoms with van der Waals surface area (Å²) in [6, 6.07) is 8.74. The van der Waals surface area contributed by atoms with Gasteiger partial charge in [-0.2, -0.15) is 0 Å². The van der Waals surface area contributed by atoms with Crippen LogP contribution in [0.4, 0.5) is 0 Å². The maximum atomic E-state index is 14.1. The smallest absolute Gasteiger partial charge is 0.192 e. The SMILES string of the molecule is C=C1C(C[C@@H]2O[C@H](C[C@@H](CO[Si](C)(C)C(C)(C)C)O[Si](C)(C)C(C)(C)C)[C@H](OC)[C@H]2CS(=O)(=O)c2ccccc2)O[C@@H](CCC2OC(CCCC)CC2=[13CH2])C[C@H]1C. The Bertz CT molecular complexity index is 1570. The van der Waals surface area contributed by atoms with Crippen molar-refractivity contribution in [3.63, 3.8) is 0 Å². The third-order valence-corrected chi connectivity index (χ3v) is 24.8. The lowest BCUT2D eigenvalue weighted by molar-refractivity contribution is -0.0782. The molecule has 10 atom stereocenters. The molecule has 3 heterocycles. The van der Waals surface area contributed by atoms with Crippen LogP contribution in [0.15, 0.2) is 59.5 Å². The predicted octanol–water partition coefficient (Wildman–Crippen LogP) is 11.1. The van der Waals surface area contributed by atoms with Crippen molar-refractivity contribution in [2.24, 2.45) is 11.8 Å². The van der Waals surface area contributed by atoms with E-state index in [1.807, 2.05) is 6.07 Å². The van der Waals surface area contributed by atoms with Crippen LogP contribution >= 0.6 is 0 Å². The standard InChI is InChI=1S/C46H80O8SSi2/c1-16-17-21-35-27-33(3)40(51-35)25-24-36-26-32(2)34(4)41(52-36)29-42-39(31-55(47,48)38-22-19-18-20-23-38)44(49-11)43(53-42)28-37(54-57(14,15)46(8,9)10)30-50-56(12,13)45(5,6)7/h18-20,22-23,32,35-37,39-44H,3-4,16-17,21,24-31H2,1-2,5-15H3/t32-,35?,36+,37+,39+,40?,41?,42+,43-,44-/m1/s1/i3+1. The second-order valence-electron chi connectivity index (χ2n) is 20.5. The van der Waals surface area contributed by atoms with Crippen molar-refractivity contribution in [2.45, 2.75) is 203 Å². The highest BCUT2D eigenvalue weighted by Gasteiger charge is 2.50. The van der Waals surface area contributed by atoms with Crippen LogP contribution in [0.1, 0.15) is 113 Å².